The number of hydrogen-bond acceptors (Lipinski definition) is 4. The van der Waals surface area contributed by atoms with E-state index in [0.29, 0.717) is 19.8 Å². The highest BCUT2D eigenvalue weighted by atomic mass is 16.5. The smallest absolute Gasteiger partial charge is 0.119 e. The molecule has 0 fully saturated rings. The summed E-state index contributed by atoms with van der Waals surface area (Å²) in [6, 6.07) is 5.72. The van der Waals surface area contributed by atoms with Gasteiger partial charge in [-0.15, -0.1) is 0 Å². The summed E-state index contributed by atoms with van der Waals surface area (Å²) in [6.07, 6.45) is 0. The monoisotopic (exact) mass is 209 g/mol. The average Bonchev–Trinajstić information content (AvgIpc) is 2.26. The molecule has 4 heteroatoms. The largest absolute Gasteiger partial charge is 0.491 e. The molecule has 0 unspecified atom stereocenters. The molecule has 0 saturated heterocycles. The second-order valence-electron chi connectivity index (χ2n) is 3.55. The van der Waals surface area contributed by atoms with Gasteiger partial charge in [0.05, 0.1) is 25.9 Å². The van der Waals surface area contributed by atoms with Gasteiger partial charge in [-0.3, -0.25) is 0 Å². The second kappa shape index (κ2) is 4.61. The number of fused-ring (bicyclic) bond motifs is 1. The molecule has 0 aromatic heterocycles. The Hall–Kier alpha value is -1.10. The lowest BCUT2D eigenvalue weighted by atomic mass is 9.99. The van der Waals surface area contributed by atoms with Crippen LogP contribution in [-0.2, 0) is 11.3 Å². The molecule has 1 aromatic rings. The Bertz CT molecular complexity index is 341. The summed E-state index contributed by atoms with van der Waals surface area (Å²) in [5.41, 5.74) is 8.09. The van der Waals surface area contributed by atoms with Crippen molar-refractivity contribution in [2.24, 2.45) is 5.73 Å². The molecular formula is C11H15NO3. The van der Waals surface area contributed by atoms with Crippen LogP contribution in [0, 0.1) is 0 Å². The molecule has 0 saturated carbocycles. The van der Waals surface area contributed by atoms with Gasteiger partial charge in [0.2, 0.25) is 0 Å². The molecule has 1 aromatic carbocycles. The Morgan fingerprint density at radius 2 is 2.40 bits per heavy atom. The number of aliphatic hydroxyl groups excluding tert-OH is 1. The van der Waals surface area contributed by atoms with Gasteiger partial charge < -0.3 is 20.3 Å². The minimum absolute atomic E-state index is 0.0209. The number of benzene rings is 1. The van der Waals surface area contributed by atoms with Crippen LogP contribution in [0.1, 0.15) is 17.2 Å². The predicted octanol–water partition coefficient (Wildman–Crippen LogP) is 0.588. The molecule has 0 radical (unpaired) electrons. The quantitative estimate of drug-likeness (QED) is 0.764. The summed E-state index contributed by atoms with van der Waals surface area (Å²) in [4.78, 5) is 0. The lowest BCUT2D eigenvalue weighted by Gasteiger charge is -2.23. The highest BCUT2D eigenvalue weighted by Gasteiger charge is 2.17. The van der Waals surface area contributed by atoms with Crippen LogP contribution >= 0.6 is 0 Å². The molecule has 0 bridgehead atoms. The normalized spacial score (nSPS) is 19.7. The molecule has 1 aliphatic rings. The van der Waals surface area contributed by atoms with Crippen LogP contribution < -0.4 is 10.5 Å². The van der Waals surface area contributed by atoms with Gasteiger partial charge in [0, 0.05) is 0 Å². The summed E-state index contributed by atoms with van der Waals surface area (Å²) < 4.78 is 10.6. The standard InChI is InChI=1S/C11H15NO3/c12-11-7-14-6-8-5-9(15-4-3-13)1-2-10(8)11/h1-2,5,11,13H,3-4,6-7,12H2/t11-/m1/s1. The fourth-order valence-electron chi connectivity index (χ4n) is 1.71. The van der Waals surface area contributed by atoms with Crippen molar-refractivity contribution >= 4 is 0 Å². The van der Waals surface area contributed by atoms with E-state index in [1.54, 1.807) is 0 Å². The maximum Gasteiger partial charge on any atom is 0.119 e. The molecule has 0 amide bonds. The van der Waals surface area contributed by atoms with E-state index < -0.39 is 0 Å². The van der Waals surface area contributed by atoms with Crippen LogP contribution in [-0.4, -0.2) is 24.9 Å². The van der Waals surface area contributed by atoms with Gasteiger partial charge in [0.15, 0.2) is 0 Å². The molecular weight excluding hydrogens is 194 g/mol. The van der Waals surface area contributed by atoms with Crippen LogP contribution in [0.15, 0.2) is 18.2 Å². The Labute approximate surface area is 88.6 Å². The van der Waals surface area contributed by atoms with Crippen molar-refractivity contribution in [2.75, 3.05) is 19.8 Å². The maximum atomic E-state index is 8.64. The van der Waals surface area contributed by atoms with Gasteiger partial charge in [-0.25, -0.2) is 0 Å². The minimum atomic E-state index is -0.0411. The molecule has 0 aliphatic carbocycles. The van der Waals surface area contributed by atoms with E-state index >= 15 is 0 Å². The number of hydrogen-bond donors (Lipinski definition) is 2. The molecule has 3 N–H and O–H groups in total. The van der Waals surface area contributed by atoms with Crippen LogP contribution in [0.25, 0.3) is 0 Å². The van der Waals surface area contributed by atoms with E-state index in [-0.39, 0.29) is 12.6 Å². The zero-order chi connectivity index (χ0) is 10.7. The first-order valence-corrected chi connectivity index (χ1v) is 5.01. The van der Waals surface area contributed by atoms with Gasteiger partial charge in [-0.05, 0) is 23.3 Å². The van der Waals surface area contributed by atoms with E-state index in [9.17, 15) is 0 Å². The first-order chi connectivity index (χ1) is 7.31. The number of nitrogens with two attached hydrogens (primary N) is 1. The lowest BCUT2D eigenvalue weighted by molar-refractivity contribution is 0.0920. The Kier molecular flexibility index (Phi) is 3.20. The molecule has 0 spiro atoms. The summed E-state index contributed by atoms with van der Waals surface area (Å²) in [6.45, 7) is 1.49. The minimum Gasteiger partial charge on any atom is -0.491 e. The third-order valence-electron chi connectivity index (χ3n) is 2.43. The third-order valence-corrected chi connectivity index (χ3v) is 2.43. The van der Waals surface area contributed by atoms with Crippen LogP contribution in [0.4, 0.5) is 0 Å². The highest BCUT2D eigenvalue weighted by molar-refractivity contribution is 5.38. The third kappa shape index (κ3) is 2.28. The lowest BCUT2D eigenvalue weighted by Crippen LogP contribution is -2.23. The van der Waals surface area contributed by atoms with Gasteiger partial charge in [0.1, 0.15) is 12.4 Å². The Morgan fingerprint density at radius 3 is 3.20 bits per heavy atom. The van der Waals surface area contributed by atoms with Crippen LogP contribution in [0.5, 0.6) is 5.75 Å². The van der Waals surface area contributed by atoms with Crippen molar-refractivity contribution in [2.45, 2.75) is 12.6 Å². The predicted molar refractivity (Wildman–Crippen MR) is 55.6 cm³/mol. The first-order valence-electron chi connectivity index (χ1n) is 5.01. The topological polar surface area (TPSA) is 64.7 Å². The maximum absolute atomic E-state index is 8.64. The summed E-state index contributed by atoms with van der Waals surface area (Å²) in [7, 11) is 0. The van der Waals surface area contributed by atoms with Gasteiger partial charge >= 0.3 is 0 Å². The van der Waals surface area contributed by atoms with Crippen molar-refractivity contribution in [3.63, 3.8) is 0 Å². The van der Waals surface area contributed by atoms with Crippen molar-refractivity contribution in [3.05, 3.63) is 29.3 Å². The number of rotatable bonds is 3. The second-order valence-corrected chi connectivity index (χ2v) is 3.55. The zero-order valence-electron chi connectivity index (χ0n) is 8.48. The van der Waals surface area contributed by atoms with Crippen molar-refractivity contribution in [1.29, 1.82) is 0 Å². The molecule has 2 rings (SSSR count). The van der Waals surface area contributed by atoms with E-state index in [1.165, 1.54) is 0 Å². The average molecular weight is 209 g/mol. The van der Waals surface area contributed by atoms with Crippen LogP contribution in [0.3, 0.4) is 0 Å². The first kappa shape index (κ1) is 10.4. The molecule has 1 heterocycles. The van der Waals surface area contributed by atoms with Gasteiger partial charge in [-0.1, -0.05) is 6.07 Å². The van der Waals surface area contributed by atoms with E-state index in [0.717, 1.165) is 16.9 Å². The fourth-order valence-corrected chi connectivity index (χ4v) is 1.71. The van der Waals surface area contributed by atoms with E-state index in [1.807, 2.05) is 18.2 Å². The molecule has 4 nitrogen and oxygen atoms in total. The van der Waals surface area contributed by atoms with Crippen molar-refractivity contribution < 1.29 is 14.6 Å². The molecule has 1 atom stereocenters. The van der Waals surface area contributed by atoms with Gasteiger partial charge in [-0.2, -0.15) is 0 Å². The number of aliphatic hydroxyl groups is 1. The van der Waals surface area contributed by atoms with Crippen molar-refractivity contribution in [3.8, 4) is 5.75 Å². The molecule has 82 valence electrons. The summed E-state index contributed by atoms with van der Waals surface area (Å²) in [5, 5.41) is 8.64. The summed E-state index contributed by atoms with van der Waals surface area (Å²) >= 11 is 0. The molecule has 15 heavy (non-hydrogen) atoms. The van der Waals surface area contributed by atoms with Crippen LogP contribution in [0.2, 0.25) is 0 Å². The van der Waals surface area contributed by atoms with E-state index in [2.05, 4.69) is 0 Å². The van der Waals surface area contributed by atoms with Gasteiger partial charge in [0.25, 0.3) is 0 Å². The Morgan fingerprint density at radius 1 is 1.53 bits per heavy atom. The number of ether oxygens (including phenoxy) is 2. The summed E-state index contributed by atoms with van der Waals surface area (Å²) in [5.74, 6) is 0.750. The molecule has 1 aliphatic heterocycles. The highest BCUT2D eigenvalue weighted by Crippen LogP contribution is 2.26. The SMILES string of the molecule is N[C@@H]1COCc2cc(OCCO)ccc21. The van der Waals surface area contributed by atoms with E-state index in [4.69, 9.17) is 20.3 Å². The fraction of sp³-hybridized carbons (Fsp3) is 0.455. The van der Waals surface area contributed by atoms with Crippen molar-refractivity contribution in [1.82, 2.24) is 0 Å². The Balaban J connectivity index is 2.18. The zero-order valence-corrected chi connectivity index (χ0v) is 8.48.